The Bertz CT molecular complexity index is 226. The summed E-state index contributed by atoms with van der Waals surface area (Å²) in [6, 6.07) is 0. The third-order valence-corrected chi connectivity index (χ3v) is 1.10. The molecule has 0 rings (SSSR count). The Hall–Kier alpha value is -0.820. The number of nitrogens with one attached hydrogen (secondary N) is 1. The van der Waals surface area contributed by atoms with E-state index in [9.17, 15) is 8.42 Å². The summed E-state index contributed by atoms with van der Waals surface area (Å²) in [5, 5.41) is 6.96. The molecule has 0 fully saturated rings. The van der Waals surface area contributed by atoms with Crippen LogP contribution in [-0.2, 0) is 10.1 Å². The zero-order valence-electron chi connectivity index (χ0n) is 8.11. The van der Waals surface area contributed by atoms with Gasteiger partial charge >= 0.3 is 0 Å². The Labute approximate surface area is 79.0 Å². The van der Waals surface area contributed by atoms with Gasteiger partial charge < -0.3 is 10.6 Å². The molecule has 0 atom stereocenters. The van der Waals surface area contributed by atoms with E-state index in [1.165, 1.54) is 0 Å². The molecule has 0 saturated carbocycles. The number of hydrogen-bond donors (Lipinski definition) is 3. The van der Waals surface area contributed by atoms with Crippen LogP contribution in [0, 0.1) is 5.41 Å². The highest BCUT2D eigenvalue weighted by Gasteiger charge is 1.96. The van der Waals surface area contributed by atoms with Crippen molar-refractivity contribution in [2.45, 2.75) is 13.8 Å². The molecule has 4 N–H and O–H groups in total. The highest BCUT2D eigenvalue weighted by atomic mass is 32.2. The molecule has 0 amide bonds. The monoisotopic (exact) mass is 211 g/mol. The minimum Gasteiger partial charge on any atom is -0.370 e. The topological polar surface area (TPSA) is 107 Å². The van der Waals surface area contributed by atoms with Crippen LogP contribution in [0.5, 0.6) is 0 Å². The van der Waals surface area contributed by atoms with Crippen molar-refractivity contribution in [1.82, 2.24) is 4.90 Å². The maximum absolute atomic E-state index is 9.19. The first-order valence-electron chi connectivity index (χ1n) is 3.73. The molecule has 7 heteroatoms. The van der Waals surface area contributed by atoms with Crippen LogP contribution in [-0.4, -0.2) is 43.2 Å². The van der Waals surface area contributed by atoms with Crippen LogP contribution in [0.15, 0.2) is 0 Å². The highest BCUT2D eigenvalue weighted by Crippen LogP contribution is 1.81. The number of rotatable bonds is 2. The van der Waals surface area contributed by atoms with Gasteiger partial charge in [0.2, 0.25) is 0 Å². The van der Waals surface area contributed by atoms with Crippen LogP contribution in [0.2, 0.25) is 0 Å². The van der Waals surface area contributed by atoms with Crippen molar-refractivity contribution in [3.05, 3.63) is 0 Å². The third-order valence-electron chi connectivity index (χ3n) is 1.10. The SMILES string of the molecule is CCN(CC)C(=N)N.CS(=O)(=O)O. The van der Waals surface area contributed by atoms with Gasteiger partial charge in [-0.2, -0.15) is 8.42 Å². The molecule has 0 aromatic heterocycles. The second-order valence-corrected chi connectivity index (χ2v) is 3.76. The number of nitrogens with two attached hydrogens (primary N) is 1. The molecule has 6 nitrogen and oxygen atoms in total. The number of hydrogen-bond acceptors (Lipinski definition) is 3. The van der Waals surface area contributed by atoms with Gasteiger partial charge in [0.1, 0.15) is 0 Å². The van der Waals surface area contributed by atoms with Gasteiger partial charge in [0.25, 0.3) is 10.1 Å². The fraction of sp³-hybridized carbons (Fsp3) is 0.833. The van der Waals surface area contributed by atoms with Gasteiger partial charge in [-0.3, -0.25) is 9.96 Å². The quantitative estimate of drug-likeness (QED) is 0.331. The average molecular weight is 211 g/mol. The first-order chi connectivity index (χ1) is 5.72. The second kappa shape index (κ2) is 6.67. The van der Waals surface area contributed by atoms with E-state index in [1.54, 1.807) is 4.90 Å². The molecule has 0 radical (unpaired) electrons. The van der Waals surface area contributed by atoms with E-state index in [2.05, 4.69) is 0 Å². The van der Waals surface area contributed by atoms with Crippen LogP contribution < -0.4 is 5.73 Å². The summed E-state index contributed by atoms with van der Waals surface area (Å²) in [7, 11) is -3.67. The molecule has 0 aromatic rings. The molecule has 13 heavy (non-hydrogen) atoms. The predicted molar refractivity (Wildman–Crippen MR) is 52.3 cm³/mol. The van der Waals surface area contributed by atoms with E-state index in [0.29, 0.717) is 6.26 Å². The van der Waals surface area contributed by atoms with E-state index in [-0.39, 0.29) is 5.96 Å². The van der Waals surface area contributed by atoms with Crippen molar-refractivity contribution in [1.29, 1.82) is 5.41 Å². The van der Waals surface area contributed by atoms with Crippen molar-refractivity contribution >= 4 is 16.1 Å². The summed E-state index contributed by atoms with van der Waals surface area (Å²) >= 11 is 0. The summed E-state index contributed by atoms with van der Waals surface area (Å²) in [4.78, 5) is 1.78. The summed E-state index contributed by atoms with van der Waals surface area (Å²) in [6.45, 7) is 5.60. The highest BCUT2D eigenvalue weighted by molar-refractivity contribution is 7.85. The van der Waals surface area contributed by atoms with Crippen LogP contribution in [0.4, 0.5) is 0 Å². The van der Waals surface area contributed by atoms with Crippen LogP contribution in [0.25, 0.3) is 0 Å². The van der Waals surface area contributed by atoms with Crippen molar-refractivity contribution in [2.75, 3.05) is 19.3 Å². The molecule has 0 heterocycles. The summed E-state index contributed by atoms with van der Waals surface area (Å²) in [6.07, 6.45) is 0.715. The van der Waals surface area contributed by atoms with Gasteiger partial charge in [-0.05, 0) is 13.8 Å². The maximum Gasteiger partial charge on any atom is 0.261 e. The molecular formula is C6H17N3O3S. The molecule has 0 saturated heterocycles. The normalized spacial score (nSPS) is 9.85. The van der Waals surface area contributed by atoms with Gasteiger partial charge in [0, 0.05) is 13.1 Å². The van der Waals surface area contributed by atoms with E-state index < -0.39 is 10.1 Å². The molecule has 0 aliphatic rings. The minimum absolute atomic E-state index is 0.162. The third kappa shape index (κ3) is 18.3. The van der Waals surface area contributed by atoms with Crippen LogP contribution in [0.1, 0.15) is 13.8 Å². The van der Waals surface area contributed by atoms with Gasteiger partial charge in [-0.1, -0.05) is 0 Å². The summed E-state index contributed by atoms with van der Waals surface area (Å²) in [5.41, 5.74) is 5.17. The summed E-state index contributed by atoms with van der Waals surface area (Å²) in [5.74, 6) is 0.162. The number of nitrogens with zero attached hydrogens (tertiary/aromatic N) is 1. The zero-order chi connectivity index (χ0) is 11.1. The van der Waals surface area contributed by atoms with Gasteiger partial charge in [-0.15, -0.1) is 0 Å². The van der Waals surface area contributed by atoms with E-state index >= 15 is 0 Å². The van der Waals surface area contributed by atoms with Gasteiger partial charge in [0.05, 0.1) is 6.26 Å². The molecule has 0 unspecified atom stereocenters. The molecule has 0 aliphatic carbocycles. The maximum atomic E-state index is 9.19. The van der Waals surface area contributed by atoms with Crippen molar-refractivity contribution in [3.63, 3.8) is 0 Å². The van der Waals surface area contributed by atoms with Crippen molar-refractivity contribution in [3.8, 4) is 0 Å². The lowest BCUT2D eigenvalue weighted by Gasteiger charge is -2.16. The largest absolute Gasteiger partial charge is 0.370 e. The molecule has 0 aromatic carbocycles. The predicted octanol–water partition coefficient (Wildman–Crippen LogP) is -0.274. The fourth-order valence-corrected chi connectivity index (χ4v) is 0.564. The lowest BCUT2D eigenvalue weighted by Crippen LogP contribution is -2.35. The van der Waals surface area contributed by atoms with E-state index in [1.807, 2.05) is 13.8 Å². The van der Waals surface area contributed by atoms with E-state index in [0.717, 1.165) is 13.1 Å². The average Bonchev–Trinajstić information content (AvgIpc) is 1.85. The van der Waals surface area contributed by atoms with Crippen molar-refractivity contribution in [2.24, 2.45) is 5.73 Å². The van der Waals surface area contributed by atoms with Crippen molar-refractivity contribution < 1.29 is 13.0 Å². The Morgan fingerprint density at radius 3 is 1.69 bits per heavy atom. The summed E-state index contributed by atoms with van der Waals surface area (Å²) < 4.78 is 25.9. The molecule has 0 spiro atoms. The minimum atomic E-state index is -3.67. The number of guanidine groups is 1. The smallest absolute Gasteiger partial charge is 0.261 e. The Morgan fingerprint density at radius 2 is 1.69 bits per heavy atom. The van der Waals surface area contributed by atoms with E-state index in [4.69, 9.17) is 15.7 Å². The Morgan fingerprint density at radius 1 is 1.46 bits per heavy atom. The first-order valence-corrected chi connectivity index (χ1v) is 5.58. The second-order valence-electron chi connectivity index (χ2n) is 2.29. The van der Waals surface area contributed by atoms with Crippen LogP contribution in [0.3, 0.4) is 0 Å². The molecule has 80 valence electrons. The zero-order valence-corrected chi connectivity index (χ0v) is 8.93. The van der Waals surface area contributed by atoms with Crippen LogP contribution >= 0.6 is 0 Å². The fourth-order valence-electron chi connectivity index (χ4n) is 0.564. The lowest BCUT2D eigenvalue weighted by atomic mass is 10.5. The molecular weight excluding hydrogens is 194 g/mol. The molecule has 0 bridgehead atoms. The Kier molecular flexibility index (Phi) is 7.54. The Balaban J connectivity index is 0. The standard InChI is InChI=1S/C5H13N3.CH4O3S/c1-3-8(4-2)5(6)7;1-5(2,3)4/h3-4H2,1-2H3,(H3,6,7);1H3,(H,2,3,4). The molecule has 0 aliphatic heterocycles. The van der Waals surface area contributed by atoms with Gasteiger partial charge in [0.15, 0.2) is 5.96 Å². The van der Waals surface area contributed by atoms with Gasteiger partial charge in [-0.25, -0.2) is 0 Å². The lowest BCUT2D eigenvalue weighted by molar-refractivity contribution is 0.457. The first kappa shape index (κ1) is 14.7.